The summed E-state index contributed by atoms with van der Waals surface area (Å²) in [6, 6.07) is 18.3. The van der Waals surface area contributed by atoms with Crippen LogP contribution < -0.4 is 0 Å². The number of benzene rings is 2. The van der Waals surface area contributed by atoms with Crippen LogP contribution in [0.5, 0.6) is 0 Å². The number of unbranched alkanes of at least 4 members (excludes halogenated alkanes) is 22. The predicted octanol–water partition coefficient (Wildman–Crippen LogP) is 13.6. The third-order valence-electron chi connectivity index (χ3n) is 9.99. The van der Waals surface area contributed by atoms with Gasteiger partial charge in [-0.2, -0.15) is 0 Å². The minimum Gasteiger partial charge on any atom is -0.302 e. The molecule has 0 bridgehead atoms. The maximum absolute atomic E-state index is 2.54. The molecule has 0 N–H and O–H groups in total. The maximum atomic E-state index is 2.54. The zero-order valence-corrected chi connectivity index (χ0v) is 31.3. The van der Waals surface area contributed by atoms with Crippen molar-refractivity contribution in [2.24, 2.45) is 0 Å². The first-order valence-electron chi connectivity index (χ1n) is 20.2. The van der Waals surface area contributed by atoms with E-state index in [-0.39, 0.29) is 0 Å². The molecule has 0 amide bonds. The van der Waals surface area contributed by atoms with Gasteiger partial charge in [0.1, 0.15) is 0 Å². The third kappa shape index (κ3) is 19.9. The smallest absolute Gasteiger partial charge is 0.0236 e. The molecule has 0 unspecified atom stereocenters. The summed E-state index contributed by atoms with van der Waals surface area (Å²) in [6.45, 7) is 9.04. The summed E-state index contributed by atoms with van der Waals surface area (Å²) in [5.74, 6) is 0. The van der Waals surface area contributed by atoms with Crippen LogP contribution in [0.3, 0.4) is 0 Å². The van der Waals surface area contributed by atoms with Gasteiger partial charge in [0.25, 0.3) is 0 Å². The fraction of sp³-hybridized carbons (Fsp3) is 0.727. The fourth-order valence-electron chi connectivity index (χ4n) is 7.03. The van der Waals surface area contributed by atoms with Crippen molar-refractivity contribution < 1.29 is 0 Å². The SMILES string of the molecule is CCCCCCCCCCCCCCN(C)Cc1ccccc1-c1ccccc1CN(C)CCCCCCCCCCCCCC. The largest absolute Gasteiger partial charge is 0.302 e. The zero-order valence-electron chi connectivity index (χ0n) is 31.3. The molecule has 2 aromatic rings. The van der Waals surface area contributed by atoms with E-state index < -0.39 is 0 Å². The predicted molar refractivity (Wildman–Crippen MR) is 207 cm³/mol. The van der Waals surface area contributed by atoms with Crippen molar-refractivity contribution in [3.8, 4) is 11.1 Å². The van der Waals surface area contributed by atoms with Crippen molar-refractivity contribution in [3.63, 3.8) is 0 Å². The quantitative estimate of drug-likeness (QED) is 0.0763. The summed E-state index contributed by atoms with van der Waals surface area (Å²) < 4.78 is 0. The Bertz CT molecular complexity index is 875. The lowest BCUT2D eigenvalue weighted by atomic mass is 9.94. The van der Waals surface area contributed by atoms with Gasteiger partial charge in [-0.05, 0) is 62.3 Å². The highest BCUT2D eigenvalue weighted by Crippen LogP contribution is 2.29. The molecule has 262 valence electrons. The van der Waals surface area contributed by atoms with Crippen LogP contribution in [0.15, 0.2) is 48.5 Å². The first kappa shape index (κ1) is 40.5. The van der Waals surface area contributed by atoms with Crippen LogP contribution in [0.1, 0.15) is 179 Å². The summed E-state index contributed by atoms with van der Waals surface area (Å²) in [6.07, 6.45) is 33.9. The standard InChI is InChI=1S/C44H76N2/c1-5-7-9-11-13-15-17-19-21-23-25-31-37-45(3)39-41-33-27-29-35-43(41)44-36-30-28-34-42(44)40-46(4)38-32-26-24-22-20-18-16-14-12-10-8-6-2/h27-30,33-36H,5-26,31-32,37-40H2,1-4H3. The van der Waals surface area contributed by atoms with Crippen LogP contribution in [0.25, 0.3) is 11.1 Å². The molecule has 0 saturated carbocycles. The molecule has 0 aliphatic heterocycles. The molecular formula is C44H76N2. The molecule has 0 saturated heterocycles. The molecule has 0 aromatic heterocycles. The number of nitrogens with zero attached hydrogens (tertiary/aromatic N) is 2. The Morgan fingerprint density at radius 2 is 0.609 bits per heavy atom. The van der Waals surface area contributed by atoms with E-state index in [1.807, 2.05) is 0 Å². The van der Waals surface area contributed by atoms with Crippen molar-refractivity contribution in [3.05, 3.63) is 59.7 Å². The van der Waals surface area contributed by atoms with Crippen molar-refractivity contribution in [1.29, 1.82) is 0 Å². The van der Waals surface area contributed by atoms with Gasteiger partial charge >= 0.3 is 0 Å². The molecule has 0 aliphatic rings. The Hall–Kier alpha value is -1.64. The van der Waals surface area contributed by atoms with E-state index in [1.54, 1.807) is 0 Å². The normalized spacial score (nSPS) is 11.7. The molecule has 46 heavy (non-hydrogen) atoms. The lowest BCUT2D eigenvalue weighted by molar-refractivity contribution is 0.315. The van der Waals surface area contributed by atoms with E-state index in [2.05, 4.69) is 86.3 Å². The van der Waals surface area contributed by atoms with Crippen molar-refractivity contribution >= 4 is 0 Å². The van der Waals surface area contributed by atoms with Crippen molar-refractivity contribution in [1.82, 2.24) is 9.80 Å². The maximum Gasteiger partial charge on any atom is 0.0236 e. The van der Waals surface area contributed by atoms with Gasteiger partial charge in [0.15, 0.2) is 0 Å². The Balaban J connectivity index is 1.66. The van der Waals surface area contributed by atoms with Crippen LogP contribution in [0, 0.1) is 0 Å². The molecular weight excluding hydrogens is 556 g/mol. The summed E-state index contributed by atoms with van der Waals surface area (Å²) in [5, 5.41) is 0. The number of hydrogen-bond donors (Lipinski definition) is 0. The van der Waals surface area contributed by atoms with Crippen molar-refractivity contribution in [2.75, 3.05) is 27.2 Å². The Morgan fingerprint density at radius 1 is 0.348 bits per heavy atom. The summed E-state index contributed by atoms with van der Waals surface area (Å²) in [4.78, 5) is 5.08. The Labute approximate surface area is 288 Å². The van der Waals surface area contributed by atoms with Gasteiger partial charge < -0.3 is 9.80 Å². The van der Waals surface area contributed by atoms with Crippen molar-refractivity contribution in [2.45, 2.75) is 181 Å². The van der Waals surface area contributed by atoms with Gasteiger partial charge in [0, 0.05) is 13.1 Å². The Morgan fingerprint density at radius 3 is 0.913 bits per heavy atom. The highest BCUT2D eigenvalue weighted by Gasteiger charge is 2.12. The Kier molecular flexibility index (Phi) is 25.0. The van der Waals surface area contributed by atoms with Crippen LogP contribution in [-0.2, 0) is 13.1 Å². The molecule has 0 aliphatic carbocycles. The minimum atomic E-state index is 1.03. The first-order chi connectivity index (χ1) is 22.7. The van der Waals surface area contributed by atoms with Gasteiger partial charge in [0.05, 0.1) is 0 Å². The monoisotopic (exact) mass is 633 g/mol. The summed E-state index contributed by atoms with van der Waals surface area (Å²) >= 11 is 0. The van der Waals surface area contributed by atoms with Gasteiger partial charge in [0.2, 0.25) is 0 Å². The number of hydrogen-bond acceptors (Lipinski definition) is 2. The van der Waals surface area contributed by atoms with Gasteiger partial charge in [-0.25, -0.2) is 0 Å². The molecule has 0 fully saturated rings. The first-order valence-corrected chi connectivity index (χ1v) is 20.2. The van der Waals surface area contributed by atoms with Crippen LogP contribution in [0.4, 0.5) is 0 Å². The lowest BCUT2D eigenvalue weighted by Crippen LogP contribution is -2.20. The highest BCUT2D eigenvalue weighted by atomic mass is 15.1. The van der Waals surface area contributed by atoms with Crippen LogP contribution in [-0.4, -0.2) is 37.0 Å². The second-order valence-electron chi connectivity index (χ2n) is 14.6. The van der Waals surface area contributed by atoms with E-state index in [9.17, 15) is 0 Å². The lowest BCUT2D eigenvalue weighted by Gasteiger charge is -2.22. The molecule has 2 aromatic carbocycles. The molecule has 0 atom stereocenters. The minimum absolute atomic E-state index is 1.03. The average molecular weight is 633 g/mol. The highest BCUT2D eigenvalue weighted by molar-refractivity contribution is 5.70. The van der Waals surface area contributed by atoms with E-state index in [0.29, 0.717) is 0 Å². The van der Waals surface area contributed by atoms with Gasteiger partial charge in [-0.1, -0.05) is 204 Å². The van der Waals surface area contributed by atoms with E-state index in [4.69, 9.17) is 0 Å². The zero-order chi connectivity index (χ0) is 32.9. The fourth-order valence-corrected chi connectivity index (χ4v) is 7.03. The molecule has 0 radical (unpaired) electrons. The third-order valence-corrected chi connectivity index (χ3v) is 9.99. The second kappa shape index (κ2) is 28.4. The molecule has 2 heteroatoms. The van der Waals surface area contributed by atoms with E-state index in [1.165, 1.54) is 189 Å². The molecule has 2 nitrogen and oxygen atoms in total. The average Bonchev–Trinajstić information content (AvgIpc) is 3.06. The number of rotatable bonds is 31. The molecule has 0 heterocycles. The van der Waals surface area contributed by atoms with E-state index >= 15 is 0 Å². The van der Waals surface area contributed by atoms with Gasteiger partial charge in [-0.15, -0.1) is 0 Å². The topological polar surface area (TPSA) is 6.48 Å². The summed E-state index contributed by atoms with van der Waals surface area (Å²) in [7, 11) is 4.62. The van der Waals surface area contributed by atoms with Crippen LogP contribution in [0.2, 0.25) is 0 Å². The van der Waals surface area contributed by atoms with Crippen LogP contribution >= 0.6 is 0 Å². The van der Waals surface area contributed by atoms with E-state index in [0.717, 1.165) is 13.1 Å². The molecule has 2 rings (SSSR count). The summed E-state index contributed by atoms with van der Waals surface area (Å²) in [5.41, 5.74) is 5.75. The second-order valence-corrected chi connectivity index (χ2v) is 14.6. The molecule has 0 spiro atoms. The van der Waals surface area contributed by atoms with Gasteiger partial charge in [-0.3, -0.25) is 0 Å².